The van der Waals surface area contributed by atoms with Gasteiger partial charge >= 0.3 is 0 Å². The van der Waals surface area contributed by atoms with Crippen LogP contribution in [0.1, 0.15) is 12.6 Å². The number of hydrogen-bond acceptors (Lipinski definition) is 6. The molecule has 2 N–H and O–H groups in total. The van der Waals surface area contributed by atoms with E-state index in [0.29, 0.717) is 10.7 Å². The number of carbonyl (C=O) groups excluding carboxylic acids is 2. The summed E-state index contributed by atoms with van der Waals surface area (Å²) in [5, 5.41) is 2.47. The van der Waals surface area contributed by atoms with Crippen LogP contribution in [0.2, 0.25) is 0 Å². The second-order valence-electron chi connectivity index (χ2n) is 5.76. The zero-order chi connectivity index (χ0) is 19.9. The number of benzene rings is 1. The fourth-order valence-electron chi connectivity index (χ4n) is 2.22. The molecule has 7 nitrogen and oxygen atoms in total. The van der Waals surface area contributed by atoms with Gasteiger partial charge in [0.05, 0.1) is 17.8 Å². The van der Waals surface area contributed by atoms with Crippen LogP contribution in [0.15, 0.2) is 54.0 Å². The second-order valence-corrected chi connectivity index (χ2v) is 6.62. The van der Waals surface area contributed by atoms with Crippen LogP contribution < -0.4 is 15.6 Å². The molecule has 0 aliphatic rings. The largest absolute Gasteiger partial charge is 0.478 e. The summed E-state index contributed by atoms with van der Waals surface area (Å²) in [5.41, 5.74) is 5.85. The molecule has 2 amide bonds. The van der Waals surface area contributed by atoms with Crippen molar-refractivity contribution in [3.05, 3.63) is 65.6 Å². The van der Waals surface area contributed by atoms with Crippen molar-refractivity contribution in [2.45, 2.75) is 19.4 Å². The Hall–Kier alpha value is -3.33. The molecule has 0 aliphatic heterocycles. The summed E-state index contributed by atoms with van der Waals surface area (Å²) >= 11 is 1.38. The summed E-state index contributed by atoms with van der Waals surface area (Å²) in [6, 6.07) is 11.3. The van der Waals surface area contributed by atoms with E-state index < -0.39 is 23.7 Å². The number of thiazole rings is 1. The van der Waals surface area contributed by atoms with Gasteiger partial charge in [-0.15, -0.1) is 11.3 Å². The molecule has 0 radical (unpaired) electrons. The van der Waals surface area contributed by atoms with Crippen LogP contribution in [-0.2, 0) is 16.0 Å². The van der Waals surface area contributed by atoms with Crippen LogP contribution in [-0.4, -0.2) is 27.9 Å². The molecule has 144 valence electrons. The highest BCUT2D eigenvalue weighted by molar-refractivity contribution is 7.13. The first-order chi connectivity index (χ1) is 13.5. The van der Waals surface area contributed by atoms with Crippen LogP contribution in [0.25, 0.3) is 10.7 Å². The lowest BCUT2D eigenvalue weighted by Crippen LogP contribution is -2.47. The number of ether oxygens (including phenoxy) is 1. The quantitative estimate of drug-likeness (QED) is 0.620. The van der Waals surface area contributed by atoms with Gasteiger partial charge in [-0.3, -0.25) is 25.4 Å². The van der Waals surface area contributed by atoms with Crippen molar-refractivity contribution in [2.24, 2.45) is 0 Å². The third-order valence-corrected chi connectivity index (χ3v) is 4.53. The van der Waals surface area contributed by atoms with Crippen LogP contribution in [0, 0.1) is 5.82 Å². The highest BCUT2D eigenvalue weighted by atomic mass is 32.1. The molecule has 2 aromatic heterocycles. The SMILES string of the molecule is C[C@@H](Oc1ccccc1F)C(=O)NNC(=O)Cc1csc(-c2ccccn2)n1. The number of pyridine rings is 1. The molecule has 9 heteroatoms. The Morgan fingerprint density at radius 3 is 2.71 bits per heavy atom. The van der Waals surface area contributed by atoms with E-state index in [2.05, 4.69) is 20.8 Å². The predicted octanol–water partition coefficient (Wildman–Crippen LogP) is 2.50. The minimum Gasteiger partial charge on any atom is -0.478 e. The van der Waals surface area contributed by atoms with E-state index in [1.165, 1.54) is 36.5 Å². The van der Waals surface area contributed by atoms with Gasteiger partial charge in [-0.2, -0.15) is 0 Å². The van der Waals surface area contributed by atoms with E-state index in [1.54, 1.807) is 17.6 Å². The maximum atomic E-state index is 13.6. The number of aromatic nitrogens is 2. The molecule has 0 spiro atoms. The average molecular weight is 400 g/mol. The van der Waals surface area contributed by atoms with E-state index >= 15 is 0 Å². The van der Waals surface area contributed by atoms with Gasteiger partial charge in [-0.1, -0.05) is 18.2 Å². The lowest BCUT2D eigenvalue weighted by atomic mass is 10.3. The lowest BCUT2D eigenvalue weighted by Gasteiger charge is -2.15. The number of halogens is 1. The number of nitrogens with zero attached hydrogens (tertiary/aromatic N) is 2. The van der Waals surface area contributed by atoms with Gasteiger partial charge < -0.3 is 4.74 Å². The molecular weight excluding hydrogens is 383 g/mol. The molecule has 0 saturated carbocycles. The number of amides is 2. The Bertz CT molecular complexity index is 965. The van der Waals surface area contributed by atoms with Crippen molar-refractivity contribution in [3.8, 4) is 16.5 Å². The fraction of sp³-hybridized carbons (Fsp3) is 0.158. The Labute approximate surface area is 164 Å². The minimum atomic E-state index is -0.993. The zero-order valence-corrected chi connectivity index (χ0v) is 15.7. The van der Waals surface area contributed by atoms with Gasteiger partial charge in [0.1, 0.15) is 5.01 Å². The monoisotopic (exact) mass is 400 g/mol. The smallest absolute Gasteiger partial charge is 0.279 e. The van der Waals surface area contributed by atoms with E-state index in [0.717, 1.165) is 5.69 Å². The van der Waals surface area contributed by atoms with Crippen LogP contribution in [0.3, 0.4) is 0 Å². The first-order valence-electron chi connectivity index (χ1n) is 8.38. The van der Waals surface area contributed by atoms with Gasteiger partial charge in [-0.25, -0.2) is 9.37 Å². The Morgan fingerprint density at radius 1 is 1.18 bits per heavy atom. The van der Waals surface area contributed by atoms with Crippen molar-refractivity contribution >= 4 is 23.2 Å². The normalized spacial score (nSPS) is 11.5. The van der Waals surface area contributed by atoms with Crippen molar-refractivity contribution < 1.29 is 18.7 Å². The summed E-state index contributed by atoms with van der Waals surface area (Å²) in [6.07, 6.45) is 0.669. The highest BCUT2D eigenvalue weighted by Gasteiger charge is 2.17. The predicted molar refractivity (Wildman–Crippen MR) is 102 cm³/mol. The van der Waals surface area contributed by atoms with Crippen molar-refractivity contribution in [3.63, 3.8) is 0 Å². The van der Waals surface area contributed by atoms with Gasteiger partial charge in [0.25, 0.3) is 5.91 Å². The Morgan fingerprint density at radius 2 is 1.96 bits per heavy atom. The molecule has 1 aromatic carbocycles. The van der Waals surface area contributed by atoms with E-state index in [1.807, 2.05) is 18.2 Å². The zero-order valence-electron chi connectivity index (χ0n) is 14.9. The van der Waals surface area contributed by atoms with Gasteiger partial charge in [0.15, 0.2) is 17.7 Å². The summed E-state index contributed by atoms with van der Waals surface area (Å²) in [6.45, 7) is 1.45. The lowest BCUT2D eigenvalue weighted by molar-refractivity contribution is -0.132. The van der Waals surface area contributed by atoms with Crippen molar-refractivity contribution in [2.75, 3.05) is 0 Å². The topological polar surface area (TPSA) is 93.2 Å². The molecule has 3 rings (SSSR count). The molecule has 0 saturated heterocycles. The maximum Gasteiger partial charge on any atom is 0.279 e. The van der Waals surface area contributed by atoms with E-state index in [9.17, 15) is 14.0 Å². The summed E-state index contributed by atoms with van der Waals surface area (Å²) in [7, 11) is 0. The number of nitrogens with one attached hydrogen (secondary N) is 2. The number of rotatable bonds is 6. The summed E-state index contributed by atoms with van der Waals surface area (Å²) in [5.74, 6) is -1.66. The average Bonchev–Trinajstić information content (AvgIpc) is 3.17. The van der Waals surface area contributed by atoms with Gasteiger partial charge in [0, 0.05) is 11.6 Å². The van der Waals surface area contributed by atoms with Crippen LogP contribution >= 0.6 is 11.3 Å². The molecule has 0 aliphatic carbocycles. The van der Waals surface area contributed by atoms with Crippen LogP contribution in [0.4, 0.5) is 4.39 Å². The van der Waals surface area contributed by atoms with Crippen LogP contribution in [0.5, 0.6) is 5.75 Å². The molecule has 3 aromatic rings. The van der Waals surface area contributed by atoms with Crippen molar-refractivity contribution in [1.29, 1.82) is 0 Å². The molecule has 28 heavy (non-hydrogen) atoms. The molecule has 1 atom stereocenters. The van der Waals surface area contributed by atoms with Crippen molar-refractivity contribution in [1.82, 2.24) is 20.8 Å². The van der Waals surface area contributed by atoms with Gasteiger partial charge in [-0.05, 0) is 31.2 Å². The molecule has 0 fully saturated rings. The second kappa shape index (κ2) is 9.05. The minimum absolute atomic E-state index is 0.00777. The highest BCUT2D eigenvalue weighted by Crippen LogP contribution is 2.21. The molecule has 0 unspecified atom stereocenters. The Balaban J connectivity index is 1.48. The van der Waals surface area contributed by atoms with E-state index in [-0.39, 0.29) is 12.2 Å². The molecular formula is C19H17FN4O3S. The first kappa shape index (κ1) is 19.4. The number of hydrogen-bond donors (Lipinski definition) is 2. The molecule has 0 bridgehead atoms. The van der Waals surface area contributed by atoms with Gasteiger partial charge in [0.2, 0.25) is 5.91 Å². The molecule has 2 heterocycles. The maximum absolute atomic E-state index is 13.6. The Kier molecular flexibility index (Phi) is 6.28. The standard InChI is InChI=1S/C19H17FN4O3S/c1-12(27-16-8-3-2-6-14(16)20)18(26)24-23-17(25)10-13-11-28-19(22-13)15-7-4-5-9-21-15/h2-9,11-12H,10H2,1H3,(H,23,25)(H,24,26)/t12-/m1/s1. The summed E-state index contributed by atoms with van der Waals surface area (Å²) < 4.78 is 18.8. The third-order valence-electron chi connectivity index (χ3n) is 3.61. The number of para-hydroxylation sites is 1. The number of hydrazine groups is 1. The first-order valence-corrected chi connectivity index (χ1v) is 9.26. The number of carbonyl (C=O) groups is 2. The summed E-state index contributed by atoms with van der Waals surface area (Å²) in [4.78, 5) is 32.6. The van der Waals surface area contributed by atoms with E-state index in [4.69, 9.17) is 4.74 Å². The fourth-order valence-corrected chi connectivity index (χ4v) is 3.02. The third kappa shape index (κ3) is 5.10.